The summed E-state index contributed by atoms with van der Waals surface area (Å²) >= 11 is 0. The second kappa shape index (κ2) is 16.4. The van der Waals surface area contributed by atoms with Gasteiger partial charge in [0.25, 0.3) is 0 Å². The van der Waals surface area contributed by atoms with Crippen LogP contribution in [0.5, 0.6) is 0 Å². The monoisotopic (exact) mass is 584 g/mol. The van der Waals surface area contributed by atoms with Crippen molar-refractivity contribution in [2.24, 2.45) is 11.8 Å². The average Bonchev–Trinajstić information content (AvgIpc) is 2.96. The first-order valence-corrected chi connectivity index (χ1v) is 15.2. The van der Waals surface area contributed by atoms with Gasteiger partial charge in [-0.15, -0.1) is 0 Å². The maximum absolute atomic E-state index is 13.8. The van der Waals surface area contributed by atoms with Gasteiger partial charge >= 0.3 is 5.97 Å². The fourth-order valence-electron chi connectivity index (χ4n) is 5.52. The number of rotatable bonds is 13. The molecule has 1 aliphatic rings. The van der Waals surface area contributed by atoms with E-state index in [0.29, 0.717) is 12.0 Å². The molecule has 1 aliphatic heterocycles. The van der Waals surface area contributed by atoms with E-state index in [1.165, 1.54) is 7.11 Å². The van der Waals surface area contributed by atoms with E-state index in [9.17, 15) is 19.2 Å². The lowest BCUT2D eigenvalue weighted by molar-refractivity contribution is -0.144. The summed E-state index contributed by atoms with van der Waals surface area (Å²) in [5, 5.41) is 5.86. The molecule has 9 nitrogen and oxygen atoms in total. The number of likely N-dealkylation sites (tertiary alicyclic amines) is 1. The molecule has 1 fully saturated rings. The molecule has 42 heavy (non-hydrogen) atoms. The number of nitrogens with one attached hydrogen (secondary N) is 2. The first kappa shape index (κ1) is 35.0. The highest BCUT2D eigenvalue weighted by molar-refractivity contribution is 5.96. The van der Waals surface area contributed by atoms with E-state index in [-0.39, 0.29) is 35.7 Å². The summed E-state index contributed by atoms with van der Waals surface area (Å²) in [7, 11) is 3.01. The van der Waals surface area contributed by atoms with E-state index in [0.717, 1.165) is 31.4 Å². The molecular weight excluding hydrogens is 532 g/mol. The number of hydrogen-bond donors (Lipinski definition) is 2. The number of ether oxygens (including phenoxy) is 1. The Hall–Kier alpha value is -3.20. The van der Waals surface area contributed by atoms with Crippen LogP contribution >= 0.6 is 0 Å². The highest BCUT2D eigenvalue weighted by atomic mass is 16.5. The van der Waals surface area contributed by atoms with Gasteiger partial charge in [-0.05, 0) is 57.6 Å². The zero-order valence-electron chi connectivity index (χ0n) is 27.0. The third-order valence-corrected chi connectivity index (χ3v) is 8.07. The minimum Gasteiger partial charge on any atom is -0.467 e. The van der Waals surface area contributed by atoms with Crippen LogP contribution in [0.15, 0.2) is 42.0 Å². The third kappa shape index (κ3) is 9.68. The smallest absolute Gasteiger partial charge is 0.328 e. The molecule has 234 valence electrons. The summed E-state index contributed by atoms with van der Waals surface area (Å²) in [6.45, 7) is 14.6. The Labute approximate surface area is 252 Å². The Morgan fingerprint density at radius 3 is 2.19 bits per heavy atom. The van der Waals surface area contributed by atoms with E-state index >= 15 is 0 Å². The summed E-state index contributed by atoms with van der Waals surface area (Å²) in [6, 6.07) is 7.45. The van der Waals surface area contributed by atoms with Gasteiger partial charge in [-0.3, -0.25) is 19.3 Å². The van der Waals surface area contributed by atoms with Crippen molar-refractivity contribution in [3.63, 3.8) is 0 Å². The maximum atomic E-state index is 13.8. The molecule has 0 aliphatic carbocycles. The first-order chi connectivity index (χ1) is 19.8. The number of esters is 1. The third-order valence-electron chi connectivity index (χ3n) is 8.07. The van der Waals surface area contributed by atoms with Crippen LogP contribution in [-0.4, -0.2) is 84.4 Å². The number of nitrogens with zero attached hydrogens (tertiary/aromatic N) is 2. The molecule has 0 aromatic heterocycles. The Kier molecular flexibility index (Phi) is 13.7. The molecule has 0 radical (unpaired) electrons. The van der Waals surface area contributed by atoms with Crippen LogP contribution in [0.1, 0.15) is 73.3 Å². The molecule has 1 aromatic carbocycles. The molecule has 0 spiro atoms. The van der Waals surface area contributed by atoms with Gasteiger partial charge in [0.05, 0.1) is 19.2 Å². The van der Waals surface area contributed by atoms with Gasteiger partial charge in [0.2, 0.25) is 17.7 Å². The number of benzene rings is 1. The Morgan fingerprint density at radius 1 is 1.00 bits per heavy atom. The lowest BCUT2D eigenvalue weighted by Crippen LogP contribution is -2.58. The molecule has 1 heterocycles. The normalized spacial score (nSPS) is 18.4. The molecule has 0 bridgehead atoms. The van der Waals surface area contributed by atoms with Gasteiger partial charge in [0, 0.05) is 25.1 Å². The number of amides is 3. The van der Waals surface area contributed by atoms with Crippen molar-refractivity contribution in [2.75, 3.05) is 20.7 Å². The van der Waals surface area contributed by atoms with Crippen molar-refractivity contribution in [3.05, 3.63) is 47.5 Å². The number of methoxy groups -OCH3 is 1. The van der Waals surface area contributed by atoms with Crippen molar-refractivity contribution in [2.45, 2.75) is 104 Å². The number of piperidine rings is 1. The lowest BCUT2D eigenvalue weighted by Gasteiger charge is -2.39. The molecule has 1 unspecified atom stereocenters. The molecule has 0 saturated carbocycles. The largest absolute Gasteiger partial charge is 0.467 e. The van der Waals surface area contributed by atoms with Crippen molar-refractivity contribution in [1.82, 2.24) is 20.4 Å². The fourth-order valence-corrected chi connectivity index (χ4v) is 5.52. The average molecular weight is 585 g/mol. The van der Waals surface area contributed by atoms with Crippen molar-refractivity contribution in [3.8, 4) is 0 Å². The van der Waals surface area contributed by atoms with E-state index in [4.69, 9.17) is 4.74 Å². The predicted octanol–water partition coefficient (Wildman–Crippen LogP) is 3.72. The Balaban J connectivity index is 2.20. The molecule has 1 saturated heterocycles. The van der Waals surface area contributed by atoms with E-state index < -0.39 is 30.0 Å². The van der Waals surface area contributed by atoms with Crippen LogP contribution in [0.25, 0.3) is 0 Å². The maximum Gasteiger partial charge on any atom is 0.328 e. The van der Waals surface area contributed by atoms with Gasteiger partial charge in [-0.25, -0.2) is 4.79 Å². The fraction of sp³-hybridized carbons (Fsp3) is 0.636. The second-order valence-electron chi connectivity index (χ2n) is 12.3. The highest BCUT2D eigenvalue weighted by Gasteiger charge is 2.36. The van der Waals surface area contributed by atoms with Crippen molar-refractivity contribution >= 4 is 23.7 Å². The van der Waals surface area contributed by atoms with Gasteiger partial charge in [0.1, 0.15) is 12.1 Å². The standard InChI is InChI=1S/C33H52N4O5/c1-21(2)28(19-24(7)30(38)34-26(33(41)42-9)20-25-15-11-10-12-16-25)36(8)32(40)29(22(3)4)35-31(39)27-17-13-14-18-37(27)23(5)6/h10-12,15-16,19,21-23,26-29H,13-14,17-18,20H2,1-9H3,(H,34,38)(H,35,39)/t26-,27+,28?,29-/m0/s1. The predicted molar refractivity (Wildman–Crippen MR) is 165 cm³/mol. The topological polar surface area (TPSA) is 108 Å². The molecule has 1 aromatic rings. The van der Waals surface area contributed by atoms with Gasteiger partial charge in [0.15, 0.2) is 0 Å². The summed E-state index contributed by atoms with van der Waals surface area (Å²) in [6.07, 6.45) is 4.89. The quantitative estimate of drug-likeness (QED) is 0.270. The number of hydrogen-bond acceptors (Lipinski definition) is 6. The molecule has 2 rings (SSSR count). The van der Waals surface area contributed by atoms with Gasteiger partial charge in [-0.1, -0.05) is 70.5 Å². The van der Waals surface area contributed by atoms with E-state index in [2.05, 4.69) is 29.4 Å². The van der Waals surface area contributed by atoms with Gasteiger partial charge in [-0.2, -0.15) is 0 Å². The highest BCUT2D eigenvalue weighted by Crippen LogP contribution is 2.21. The first-order valence-electron chi connectivity index (χ1n) is 15.2. The molecule has 9 heteroatoms. The van der Waals surface area contributed by atoms with E-state index in [1.54, 1.807) is 24.9 Å². The number of likely N-dealkylation sites (N-methyl/N-ethyl adjacent to an activating group) is 1. The van der Waals surface area contributed by atoms with E-state index in [1.807, 2.05) is 58.0 Å². The molecular formula is C33H52N4O5. The minimum atomic E-state index is -0.851. The molecule has 2 N–H and O–H groups in total. The minimum absolute atomic E-state index is 0.0132. The van der Waals surface area contributed by atoms with Crippen LogP contribution in [-0.2, 0) is 30.3 Å². The molecule has 4 atom stereocenters. The SMILES string of the molecule is COC(=O)[C@H](Cc1ccccc1)NC(=O)C(C)=CC(C(C)C)N(C)C(=O)[C@@H](NC(=O)[C@H]1CCCCN1C(C)C)C(C)C. The van der Waals surface area contributed by atoms with Gasteiger partial charge < -0.3 is 20.3 Å². The molecule has 3 amide bonds. The summed E-state index contributed by atoms with van der Waals surface area (Å²) in [4.78, 5) is 56.7. The zero-order valence-corrected chi connectivity index (χ0v) is 27.0. The Bertz CT molecular complexity index is 1090. The summed E-state index contributed by atoms with van der Waals surface area (Å²) in [5.74, 6) is -1.39. The second-order valence-corrected chi connectivity index (χ2v) is 12.3. The van der Waals surface area contributed by atoms with Crippen LogP contribution in [0.2, 0.25) is 0 Å². The van der Waals surface area contributed by atoms with Crippen LogP contribution in [0.4, 0.5) is 0 Å². The zero-order chi connectivity index (χ0) is 31.6. The summed E-state index contributed by atoms with van der Waals surface area (Å²) in [5.41, 5.74) is 1.28. The van der Waals surface area contributed by atoms with Crippen molar-refractivity contribution in [1.29, 1.82) is 0 Å². The number of carbonyl (C=O) groups is 4. The van der Waals surface area contributed by atoms with Crippen LogP contribution < -0.4 is 10.6 Å². The lowest BCUT2D eigenvalue weighted by atomic mass is 9.95. The number of carbonyl (C=O) groups excluding carboxylic acids is 4. The van der Waals surface area contributed by atoms with Crippen LogP contribution in [0, 0.1) is 11.8 Å². The van der Waals surface area contributed by atoms with Crippen LogP contribution in [0.3, 0.4) is 0 Å². The summed E-state index contributed by atoms with van der Waals surface area (Å²) < 4.78 is 4.93. The Morgan fingerprint density at radius 2 is 1.64 bits per heavy atom. The van der Waals surface area contributed by atoms with Crippen molar-refractivity contribution < 1.29 is 23.9 Å².